The molecular weight excluding hydrogens is 478 g/mol. The summed E-state index contributed by atoms with van der Waals surface area (Å²) in [7, 11) is 1.73. The van der Waals surface area contributed by atoms with Gasteiger partial charge in [-0.1, -0.05) is 36.4 Å². The highest BCUT2D eigenvalue weighted by atomic mass is 32.1. The summed E-state index contributed by atoms with van der Waals surface area (Å²) in [5.41, 5.74) is 3.25. The fourth-order valence-corrected chi connectivity index (χ4v) is 8.88. The second-order valence-electron chi connectivity index (χ2n) is 11.8. The van der Waals surface area contributed by atoms with Gasteiger partial charge < -0.3 is 9.64 Å². The normalized spacial score (nSPS) is 26.4. The second kappa shape index (κ2) is 9.25. The Bertz CT molecular complexity index is 1420. The van der Waals surface area contributed by atoms with E-state index in [0.29, 0.717) is 19.1 Å². The molecule has 0 aliphatic heterocycles. The van der Waals surface area contributed by atoms with E-state index in [1.54, 1.807) is 18.4 Å². The van der Waals surface area contributed by atoms with Crippen LogP contribution in [0, 0.1) is 23.2 Å². The highest BCUT2D eigenvalue weighted by Crippen LogP contribution is 2.60. The SMILES string of the molecule is COCCN(CCc1csc2nc(-c3ccc4ccccc4c3)cn12)C(=O)C12CC3CC(CC(C3)C1)C2. The largest absolute Gasteiger partial charge is 0.383 e. The number of rotatable bonds is 8. The first-order valence-electron chi connectivity index (χ1n) is 13.8. The van der Waals surface area contributed by atoms with Crippen molar-refractivity contribution in [2.24, 2.45) is 23.2 Å². The maximum Gasteiger partial charge on any atom is 0.228 e. The van der Waals surface area contributed by atoms with Gasteiger partial charge in [-0.05, 0) is 73.1 Å². The Morgan fingerprint density at radius 1 is 1.05 bits per heavy atom. The molecule has 4 aromatic rings. The zero-order chi connectivity index (χ0) is 25.0. The van der Waals surface area contributed by atoms with Crippen LogP contribution in [0.3, 0.4) is 0 Å². The second-order valence-corrected chi connectivity index (χ2v) is 12.6. The summed E-state index contributed by atoms with van der Waals surface area (Å²) in [4.78, 5) is 22.1. The van der Waals surface area contributed by atoms with Gasteiger partial charge in [0.15, 0.2) is 4.96 Å². The number of fused-ring (bicyclic) bond motifs is 2. The molecule has 0 unspecified atom stereocenters. The van der Waals surface area contributed by atoms with Gasteiger partial charge in [-0.2, -0.15) is 0 Å². The van der Waals surface area contributed by atoms with Crippen LogP contribution >= 0.6 is 11.3 Å². The van der Waals surface area contributed by atoms with Crippen LogP contribution in [-0.4, -0.2) is 47.0 Å². The summed E-state index contributed by atoms with van der Waals surface area (Å²) < 4.78 is 7.65. The van der Waals surface area contributed by atoms with Crippen molar-refractivity contribution < 1.29 is 9.53 Å². The molecule has 2 aromatic heterocycles. The number of carbonyl (C=O) groups is 1. The number of methoxy groups -OCH3 is 1. The molecule has 0 spiro atoms. The molecule has 0 radical (unpaired) electrons. The lowest BCUT2D eigenvalue weighted by Gasteiger charge is -2.56. The van der Waals surface area contributed by atoms with Crippen LogP contribution < -0.4 is 0 Å². The van der Waals surface area contributed by atoms with Gasteiger partial charge in [0.05, 0.1) is 17.7 Å². The first-order valence-corrected chi connectivity index (χ1v) is 14.7. The van der Waals surface area contributed by atoms with Crippen molar-refractivity contribution in [3.8, 4) is 11.3 Å². The third kappa shape index (κ3) is 4.18. The summed E-state index contributed by atoms with van der Waals surface area (Å²) in [6, 6.07) is 15.0. The Balaban J connectivity index is 1.11. The van der Waals surface area contributed by atoms with E-state index in [1.807, 2.05) is 0 Å². The smallest absolute Gasteiger partial charge is 0.228 e. The molecule has 4 saturated carbocycles. The quantitative estimate of drug-likeness (QED) is 0.272. The molecule has 0 N–H and O–H groups in total. The number of hydrogen-bond donors (Lipinski definition) is 0. The lowest BCUT2D eigenvalue weighted by molar-refractivity contribution is -0.158. The van der Waals surface area contributed by atoms with Crippen molar-refractivity contribution in [1.29, 1.82) is 0 Å². The molecule has 0 atom stereocenters. The Labute approximate surface area is 222 Å². The van der Waals surface area contributed by atoms with Crippen molar-refractivity contribution in [3.05, 3.63) is 59.7 Å². The molecule has 2 heterocycles. The molecule has 192 valence electrons. The minimum Gasteiger partial charge on any atom is -0.383 e. The number of carbonyl (C=O) groups excluding carboxylic acids is 1. The Morgan fingerprint density at radius 3 is 2.51 bits per heavy atom. The predicted molar refractivity (Wildman–Crippen MR) is 149 cm³/mol. The van der Waals surface area contributed by atoms with Gasteiger partial charge in [0, 0.05) is 49.5 Å². The number of benzene rings is 2. The third-order valence-corrected chi connectivity index (χ3v) is 10.2. The number of ether oxygens (including phenoxy) is 1. The van der Waals surface area contributed by atoms with Crippen LogP contribution in [0.2, 0.25) is 0 Å². The highest BCUT2D eigenvalue weighted by molar-refractivity contribution is 7.15. The van der Waals surface area contributed by atoms with Crippen LogP contribution in [0.25, 0.3) is 27.0 Å². The molecule has 4 aliphatic rings. The molecule has 1 amide bonds. The first kappa shape index (κ1) is 23.4. The third-order valence-electron chi connectivity index (χ3n) is 9.31. The molecular formula is C31H35N3O2S. The Morgan fingerprint density at radius 2 is 1.78 bits per heavy atom. The van der Waals surface area contributed by atoms with Crippen molar-refractivity contribution in [2.75, 3.05) is 26.8 Å². The Hall–Kier alpha value is -2.70. The maximum absolute atomic E-state index is 14.1. The monoisotopic (exact) mass is 513 g/mol. The maximum atomic E-state index is 14.1. The molecule has 4 aliphatic carbocycles. The van der Waals surface area contributed by atoms with E-state index in [1.165, 1.54) is 35.7 Å². The summed E-state index contributed by atoms with van der Waals surface area (Å²) in [5.74, 6) is 2.72. The molecule has 4 bridgehead atoms. The van der Waals surface area contributed by atoms with Gasteiger partial charge in [0.2, 0.25) is 5.91 Å². The molecule has 6 heteroatoms. The van der Waals surface area contributed by atoms with Crippen LogP contribution in [0.15, 0.2) is 54.0 Å². The van der Waals surface area contributed by atoms with E-state index in [4.69, 9.17) is 9.72 Å². The number of hydrogen-bond acceptors (Lipinski definition) is 4. The van der Waals surface area contributed by atoms with Gasteiger partial charge in [0.25, 0.3) is 0 Å². The lowest BCUT2D eigenvalue weighted by Crippen LogP contribution is -2.55. The minimum atomic E-state index is -0.106. The standard InChI is InChI=1S/C31H35N3O2S/c1-36-11-10-33(29(35)31-16-21-12-22(17-31)14-23(13-21)18-31)9-8-27-20-37-30-32-28(19-34(27)30)26-7-6-24-4-2-3-5-25(24)15-26/h2-7,15,19-23H,8-14,16-18H2,1H3. The fraction of sp³-hybridized carbons (Fsp3) is 0.484. The Kier molecular flexibility index (Phi) is 5.85. The highest BCUT2D eigenvalue weighted by Gasteiger charge is 2.55. The van der Waals surface area contributed by atoms with E-state index in [0.717, 1.165) is 66.2 Å². The van der Waals surface area contributed by atoms with Crippen molar-refractivity contribution in [3.63, 3.8) is 0 Å². The summed E-state index contributed by atoms with van der Waals surface area (Å²) >= 11 is 1.68. The summed E-state index contributed by atoms with van der Waals surface area (Å²) in [5, 5.41) is 4.68. The predicted octanol–water partition coefficient (Wildman–Crippen LogP) is 6.45. The number of aromatic nitrogens is 2. The van der Waals surface area contributed by atoms with Crippen molar-refractivity contribution >= 4 is 33.0 Å². The number of imidazole rings is 1. The molecule has 8 rings (SSSR count). The van der Waals surface area contributed by atoms with Crippen LogP contribution in [-0.2, 0) is 16.0 Å². The minimum absolute atomic E-state index is 0.106. The van der Waals surface area contributed by atoms with Gasteiger partial charge in [-0.3, -0.25) is 9.20 Å². The summed E-state index contributed by atoms with van der Waals surface area (Å²) in [6.45, 7) is 2.00. The van der Waals surface area contributed by atoms with Gasteiger partial charge in [-0.25, -0.2) is 4.98 Å². The molecule has 0 saturated heterocycles. The zero-order valence-electron chi connectivity index (χ0n) is 21.6. The van der Waals surface area contributed by atoms with Crippen LogP contribution in [0.5, 0.6) is 0 Å². The summed E-state index contributed by atoms with van der Waals surface area (Å²) in [6.07, 6.45) is 10.4. The van der Waals surface area contributed by atoms with E-state index in [9.17, 15) is 4.79 Å². The van der Waals surface area contributed by atoms with Gasteiger partial charge in [0.1, 0.15) is 0 Å². The first-order chi connectivity index (χ1) is 18.1. The zero-order valence-corrected chi connectivity index (χ0v) is 22.4. The number of nitrogens with zero attached hydrogens (tertiary/aromatic N) is 3. The topological polar surface area (TPSA) is 46.8 Å². The average Bonchev–Trinajstić information content (AvgIpc) is 3.49. The van der Waals surface area contributed by atoms with Crippen molar-refractivity contribution in [1.82, 2.24) is 14.3 Å². The van der Waals surface area contributed by atoms with E-state index < -0.39 is 0 Å². The lowest BCUT2D eigenvalue weighted by atomic mass is 9.49. The molecule has 5 nitrogen and oxygen atoms in total. The van der Waals surface area contributed by atoms with Gasteiger partial charge in [-0.15, -0.1) is 11.3 Å². The fourth-order valence-electron chi connectivity index (χ4n) is 7.97. The van der Waals surface area contributed by atoms with Crippen LogP contribution in [0.1, 0.15) is 44.2 Å². The number of amides is 1. The number of thiazole rings is 1. The van der Waals surface area contributed by atoms with Crippen molar-refractivity contribution in [2.45, 2.75) is 44.9 Å². The molecule has 2 aromatic carbocycles. The van der Waals surface area contributed by atoms with E-state index in [2.05, 4.69) is 63.3 Å². The average molecular weight is 514 g/mol. The van der Waals surface area contributed by atoms with Crippen LogP contribution in [0.4, 0.5) is 0 Å². The van der Waals surface area contributed by atoms with Gasteiger partial charge >= 0.3 is 0 Å². The molecule has 4 fully saturated rings. The molecule has 37 heavy (non-hydrogen) atoms. The van der Waals surface area contributed by atoms with E-state index >= 15 is 0 Å². The van der Waals surface area contributed by atoms with E-state index in [-0.39, 0.29) is 5.41 Å².